The maximum Gasteiger partial charge on any atom is 0.0598 e. The van der Waals surface area contributed by atoms with Crippen molar-refractivity contribution in [2.24, 2.45) is 0 Å². The molecule has 1 aromatic heterocycles. The number of unbranched alkanes of at least 4 members (excludes halogenated alkanes) is 10. The quantitative estimate of drug-likeness (QED) is 0.275. The molecule has 110 valence electrons. The number of rotatable bonds is 13. The second-order valence-electron chi connectivity index (χ2n) is 5.32. The summed E-state index contributed by atoms with van der Waals surface area (Å²) in [5.74, 6) is 1.30. The molecular weight excluding hydrogens is 268 g/mol. The summed E-state index contributed by atoms with van der Waals surface area (Å²) in [4.78, 5) is 0. The lowest BCUT2D eigenvalue weighted by atomic mass is 10.1. The van der Waals surface area contributed by atoms with Gasteiger partial charge in [0, 0.05) is 0 Å². The van der Waals surface area contributed by atoms with Crippen LogP contribution in [0.5, 0.6) is 0 Å². The second kappa shape index (κ2) is 13.1. The summed E-state index contributed by atoms with van der Waals surface area (Å²) in [6.07, 6.45) is 15.8. The Hall–Kier alpha value is 0.0500. The van der Waals surface area contributed by atoms with Crippen LogP contribution in [0, 0.1) is 0 Å². The molecule has 0 amide bonds. The van der Waals surface area contributed by atoms with Crippen LogP contribution in [0.2, 0.25) is 0 Å². The monoisotopic (exact) mass is 298 g/mol. The van der Waals surface area contributed by atoms with E-state index in [1.165, 1.54) is 80.6 Å². The lowest BCUT2D eigenvalue weighted by Crippen LogP contribution is -1.83. The predicted molar refractivity (Wildman–Crippen MR) is 91.5 cm³/mol. The van der Waals surface area contributed by atoms with Crippen molar-refractivity contribution in [1.82, 2.24) is 0 Å². The molecule has 0 fully saturated rings. The molecule has 0 bridgehead atoms. The van der Waals surface area contributed by atoms with Crippen molar-refractivity contribution in [3.8, 4) is 0 Å². The van der Waals surface area contributed by atoms with E-state index in [2.05, 4.69) is 24.4 Å². The van der Waals surface area contributed by atoms with Crippen LogP contribution in [-0.4, -0.2) is 5.75 Å². The highest BCUT2D eigenvalue weighted by atomic mass is 32.2. The van der Waals surface area contributed by atoms with Crippen LogP contribution in [0.4, 0.5) is 0 Å². The van der Waals surface area contributed by atoms with Crippen LogP contribution in [0.1, 0.15) is 77.6 Å². The zero-order valence-corrected chi connectivity index (χ0v) is 14.2. The van der Waals surface area contributed by atoms with Gasteiger partial charge in [-0.2, -0.15) is 0 Å². The van der Waals surface area contributed by atoms with Crippen molar-refractivity contribution in [3.63, 3.8) is 0 Å². The molecule has 0 spiro atoms. The van der Waals surface area contributed by atoms with Gasteiger partial charge in [-0.15, -0.1) is 23.1 Å². The summed E-state index contributed by atoms with van der Waals surface area (Å²) in [5.41, 5.74) is 0. The summed E-state index contributed by atoms with van der Waals surface area (Å²) in [7, 11) is 0. The van der Waals surface area contributed by atoms with Crippen LogP contribution < -0.4 is 0 Å². The number of hydrogen-bond acceptors (Lipinski definition) is 2. The highest BCUT2D eigenvalue weighted by molar-refractivity contribution is 8.01. The Bertz CT molecular complexity index is 267. The van der Waals surface area contributed by atoms with E-state index >= 15 is 0 Å². The van der Waals surface area contributed by atoms with Crippen LogP contribution in [0.25, 0.3) is 0 Å². The molecule has 1 aromatic rings. The molecule has 1 heterocycles. The van der Waals surface area contributed by atoms with Gasteiger partial charge in [-0.3, -0.25) is 0 Å². The molecule has 1 rings (SSSR count). The highest BCUT2D eigenvalue weighted by Crippen LogP contribution is 2.24. The molecule has 0 aliphatic carbocycles. The topological polar surface area (TPSA) is 0 Å². The average molecular weight is 299 g/mol. The Morgan fingerprint density at radius 3 is 1.95 bits per heavy atom. The van der Waals surface area contributed by atoms with E-state index in [1.807, 2.05) is 23.1 Å². The van der Waals surface area contributed by atoms with Gasteiger partial charge in [-0.1, -0.05) is 77.2 Å². The molecule has 0 saturated carbocycles. The van der Waals surface area contributed by atoms with E-state index in [1.54, 1.807) is 0 Å². The van der Waals surface area contributed by atoms with Crippen molar-refractivity contribution < 1.29 is 0 Å². The molecule has 2 heteroatoms. The maximum atomic E-state index is 2.29. The van der Waals surface area contributed by atoms with Crippen molar-refractivity contribution in [2.45, 2.75) is 81.8 Å². The van der Waals surface area contributed by atoms with Crippen molar-refractivity contribution in [3.05, 3.63) is 17.5 Å². The Balaban J connectivity index is 1.72. The zero-order chi connectivity index (χ0) is 13.6. The van der Waals surface area contributed by atoms with Gasteiger partial charge in [-0.05, 0) is 23.6 Å². The largest absolute Gasteiger partial charge is 0.137 e. The maximum absolute atomic E-state index is 2.29. The van der Waals surface area contributed by atoms with Gasteiger partial charge in [0.1, 0.15) is 0 Å². The minimum Gasteiger partial charge on any atom is -0.137 e. The Morgan fingerprint density at radius 2 is 1.42 bits per heavy atom. The van der Waals surface area contributed by atoms with Crippen molar-refractivity contribution in [2.75, 3.05) is 5.75 Å². The standard InChI is InChI=1S/C17H30S2/c1-2-3-4-5-6-7-8-9-10-11-12-15-18-17-14-13-16-19-17/h13-14,16H,2-12,15H2,1H3. The van der Waals surface area contributed by atoms with Gasteiger partial charge < -0.3 is 0 Å². The zero-order valence-electron chi connectivity index (χ0n) is 12.5. The van der Waals surface area contributed by atoms with E-state index in [4.69, 9.17) is 0 Å². The van der Waals surface area contributed by atoms with E-state index in [-0.39, 0.29) is 0 Å². The molecule has 0 aromatic carbocycles. The normalized spacial score (nSPS) is 11.0. The number of thiophene rings is 1. The molecule has 0 nitrogen and oxygen atoms in total. The van der Waals surface area contributed by atoms with Gasteiger partial charge in [-0.25, -0.2) is 0 Å². The first-order chi connectivity index (χ1) is 9.43. The van der Waals surface area contributed by atoms with Gasteiger partial charge in [0.05, 0.1) is 4.21 Å². The van der Waals surface area contributed by atoms with E-state index < -0.39 is 0 Å². The number of thioether (sulfide) groups is 1. The van der Waals surface area contributed by atoms with Crippen molar-refractivity contribution in [1.29, 1.82) is 0 Å². The summed E-state index contributed by atoms with van der Waals surface area (Å²) >= 11 is 3.89. The van der Waals surface area contributed by atoms with Gasteiger partial charge >= 0.3 is 0 Å². The second-order valence-corrected chi connectivity index (χ2v) is 7.66. The average Bonchev–Trinajstić information content (AvgIpc) is 2.93. The van der Waals surface area contributed by atoms with E-state index in [0.29, 0.717) is 0 Å². The Morgan fingerprint density at radius 1 is 0.842 bits per heavy atom. The summed E-state index contributed by atoms with van der Waals surface area (Å²) in [5, 5.41) is 2.17. The smallest absolute Gasteiger partial charge is 0.0598 e. The molecule has 0 saturated heterocycles. The van der Waals surface area contributed by atoms with Crippen LogP contribution in [0.15, 0.2) is 21.7 Å². The highest BCUT2D eigenvalue weighted by Gasteiger charge is 1.95. The van der Waals surface area contributed by atoms with Crippen molar-refractivity contribution >= 4 is 23.1 Å². The summed E-state index contributed by atoms with van der Waals surface area (Å²) in [6, 6.07) is 4.38. The van der Waals surface area contributed by atoms with E-state index in [0.717, 1.165) is 0 Å². The fraction of sp³-hybridized carbons (Fsp3) is 0.765. The molecule has 0 aliphatic rings. The number of hydrogen-bond donors (Lipinski definition) is 0. The molecule has 0 N–H and O–H groups in total. The lowest BCUT2D eigenvalue weighted by molar-refractivity contribution is 0.555. The van der Waals surface area contributed by atoms with E-state index in [9.17, 15) is 0 Å². The fourth-order valence-corrected chi connectivity index (χ4v) is 4.15. The first kappa shape index (κ1) is 17.1. The molecule has 19 heavy (non-hydrogen) atoms. The molecule has 0 unspecified atom stereocenters. The van der Waals surface area contributed by atoms with Crippen LogP contribution in [0.3, 0.4) is 0 Å². The summed E-state index contributed by atoms with van der Waals surface area (Å²) in [6.45, 7) is 2.29. The van der Waals surface area contributed by atoms with Gasteiger partial charge in [0.2, 0.25) is 0 Å². The molecule has 0 atom stereocenters. The third-order valence-corrected chi connectivity index (χ3v) is 5.70. The summed E-state index contributed by atoms with van der Waals surface area (Å²) < 4.78 is 1.48. The minimum atomic E-state index is 1.30. The Kier molecular flexibility index (Phi) is 11.7. The van der Waals surface area contributed by atoms with Crippen LogP contribution >= 0.6 is 23.1 Å². The van der Waals surface area contributed by atoms with Gasteiger partial charge in [0.15, 0.2) is 0 Å². The first-order valence-electron chi connectivity index (χ1n) is 8.10. The molecule has 0 aliphatic heterocycles. The van der Waals surface area contributed by atoms with Crippen LogP contribution in [-0.2, 0) is 0 Å². The Labute approximate surface area is 128 Å². The first-order valence-corrected chi connectivity index (χ1v) is 9.96. The van der Waals surface area contributed by atoms with Gasteiger partial charge in [0.25, 0.3) is 0 Å². The SMILES string of the molecule is CCCCCCCCCCCCCSc1cccs1. The fourth-order valence-electron chi connectivity index (χ4n) is 2.28. The minimum absolute atomic E-state index is 1.30. The predicted octanol–water partition coefficient (Wildman–Crippen LogP) is 7.15. The molecular formula is C17H30S2. The lowest BCUT2D eigenvalue weighted by Gasteiger charge is -2.02. The molecule has 0 radical (unpaired) electrons. The third kappa shape index (κ3) is 10.5. The third-order valence-electron chi connectivity index (χ3n) is 3.49.